The standard InChI is InChI=1S/C16H19NO4/c1-3-9-17(11-7-5-6-8-11)15(18)14-10-12(16(19)20)13(4-2)21-14/h1,10-11H,4-9H2,2H3,(H,19,20). The van der Waals surface area contributed by atoms with Crippen molar-refractivity contribution in [1.82, 2.24) is 4.90 Å². The first kappa shape index (κ1) is 15.2. The van der Waals surface area contributed by atoms with Gasteiger partial charge in [-0.25, -0.2) is 4.79 Å². The highest BCUT2D eigenvalue weighted by Crippen LogP contribution is 2.26. The molecule has 1 heterocycles. The molecule has 0 aliphatic heterocycles. The van der Waals surface area contributed by atoms with E-state index in [4.69, 9.17) is 15.9 Å². The summed E-state index contributed by atoms with van der Waals surface area (Å²) in [7, 11) is 0. The third-order valence-electron chi connectivity index (χ3n) is 3.86. The molecule has 21 heavy (non-hydrogen) atoms. The van der Waals surface area contributed by atoms with E-state index in [-0.39, 0.29) is 29.8 Å². The van der Waals surface area contributed by atoms with Gasteiger partial charge in [-0.2, -0.15) is 0 Å². The molecule has 0 radical (unpaired) electrons. The van der Waals surface area contributed by atoms with Crippen molar-refractivity contribution in [2.45, 2.75) is 45.1 Å². The van der Waals surface area contributed by atoms with E-state index in [0.717, 1.165) is 25.7 Å². The van der Waals surface area contributed by atoms with E-state index in [1.807, 2.05) is 0 Å². The predicted molar refractivity (Wildman–Crippen MR) is 77.2 cm³/mol. The van der Waals surface area contributed by atoms with Gasteiger partial charge in [0.2, 0.25) is 0 Å². The first-order chi connectivity index (χ1) is 10.1. The molecule has 5 heteroatoms. The van der Waals surface area contributed by atoms with Crippen molar-refractivity contribution in [3.8, 4) is 12.3 Å². The van der Waals surface area contributed by atoms with Gasteiger partial charge < -0.3 is 14.4 Å². The van der Waals surface area contributed by atoms with Gasteiger partial charge in [0.05, 0.1) is 6.54 Å². The molecule has 1 aromatic rings. The van der Waals surface area contributed by atoms with Gasteiger partial charge in [0.1, 0.15) is 11.3 Å². The van der Waals surface area contributed by atoms with Crippen LogP contribution in [-0.2, 0) is 6.42 Å². The fourth-order valence-electron chi connectivity index (χ4n) is 2.80. The molecule has 112 valence electrons. The molecule has 0 saturated heterocycles. The molecular weight excluding hydrogens is 270 g/mol. The van der Waals surface area contributed by atoms with E-state index < -0.39 is 5.97 Å². The van der Waals surface area contributed by atoms with Gasteiger partial charge in [-0.3, -0.25) is 4.79 Å². The van der Waals surface area contributed by atoms with Crippen LogP contribution in [0.2, 0.25) is 0 Å². The number of nitrogens with zero attached hydrogens (tertiary/aromatic N) is 1. The zero-order valence-corrected chi connectivity index (χ0v) is 12.1. The lowest BCUT2D eigenvalue weighted by Crippen LogP contribution is -2.39. The van der Waals surface area contributed by atoms with Crippen LogP contribution < -0.4 is 0 Å². The van der Waals surface area contributed by atoms with E-state index in [0.29, 0.717) is 12.2 Å². The van der Waals surface area contributed by atoms with Gasteiger partial charge in [0, 0.05) is 18.5 Å². The number of hydrogen-bond donors (Lipinski definition) is 1. The Morgan fingerprint density at radius 3 is 2.62 bits per heavy atom. The molecule has 1 amide bonds. The fourth-order valence-corrected chi connectivity index (χ4v) is 2.80. The summed E-state index contributed by atoms with van der Waals surface area (Å²) >= 11 is 0. The van der Waals surface area contributed by atoms with E-state index in [2.05, 4.69) is 5.92 Å². The summed E-state index contributed by atoms with van der Waals surface area (Å²) in [5.74, 6) is 1.48. The Labute approximate surface area is 123 Å². The van der Waals surface area contributed by atoms with Gasteiger partial charge in [0.25, 0.3) is 5.91 Å². The van der Waals surface area contributed by atoms with Crippen LogP contribution in [0.5, 0.6) is 0 Å². The molecule has 0 bridgehead atoms. The third-order valence-corrected chi connectivity index (χ3v) is 3.86. The maximum atomic E-state index is 12.6. The second-order valence-corrected chi connectivity index (χ2v) is 5.18. The lowest BCUT2D eigenvalue weighted by Gasteiger charge is -2.26. The Bertz CT molecular complexity index is 576. The number of carboxylic acid groups (broad SMARTS) is 1. The summed E-state index contributed by atoms with van der Waals surface area (Å²) in [5.41, 5.74) is 0.0490. The highest BCUT2D eigenvalue weighted by molar-refractivity contribution is 5.96. The number of rotatable bonds is 5. The minimum atomic E-state index is -1.08. The molecule has 1 saturated carbocycles. The van der Waals surface area contributed by atoms with Crippen LogP contribution in [0.3, 0.4) is 0 Å². The van der Waals surface area contributed by atoms with Gasteiger partial charge in [-0.05, 0) is 12.8 Å². The third kappa shape index (κ3) is 3.10. The number of aromatic carboxylic acids is 1. The number of hydrogen-bond acceptors (Lipinski definition) is 3. The zero-order valence-electron chi connectivity index (χ0n) is 12.1. The van der Waals surface area contributed by atoms with Crippen molar-refractivity contribution >= 4 is 11.9 Å². The number of aryl methyl sites for hydroxylation is 1. The van der Waals surface area contributed by atoms with Crippen molar-refractivity contribution in [2.75, 3.05) is 6.54 Å². The topological polar surface area (TPSA) is 70.8 Å². The molecule has 0 unspecified atom stereocenters. The predicted octanol–water partition coefficient (Wildman–Crippen LogP) is 2.56. The Hall–Kier alpha value is -2.22. The van der Waals surface area contributed by atoms with Crippen LogP contribution in [0.1, 0.15) is 59.3 Å². The quantitative estimate of drug-likeness (QED) is 0.846. The molecule has 1 aliphatic rings. The van der Waals surface area contributed by atoms with Crippen LogP contribution >= 0.6 is 0 Å². The molecule has 0 spiro atoms. The Morgan fingerprint density at radius 2 is 2.14 bits per heavy atom. The number of amides is 1. The SMILES string of the molecule is C#CCN(C(=O)c1cc(C(=O)O)c(CC)o1)C1CCCC1. The van der Waals surface area contributed by atoms with Crippen LogP contribution in [0.15, 0.2) is 10.5 Å². The summed E-state index contributed by atoms with van der Waals surface area (Å²) in [6.45, 7) is 2.00. The number of carbonyl (C=O) groups excluding carboxylic acids is 1. The Morgan fingerprint density at radius 1 is 1.48 bits per heavy atom. The highest BCUT2D eigenvalue weighted by Gasteiger charge is 2.30. The molecule has 2 rings (SSSR count). The monoisotopic (exact) mass is 289 g/mol. The summed E-state index contributed by atoms with van der Waals surface area (Å²) in [5, 5.41) is 9.13. The van der Waals surface area contributed by atoms with Crippen molar-refractivity contribution < 1.29 is 19.1 Å². The first-order valence-corrected chi connectivity index (χ1v) is 7.18. The van der Waals surface area contributed by atoms with Gasteiger partial charge in [-0.1, -0.05) is 25.7 Å². The molecule has 1 aromatic heterocycles. The van der Waals surface area contributed by atoms with Gasteiger partial charge >= 0.3 is 5.97 Å². The minimum absolute atomic E-state index is 0.0490. The van der Waals surface area contributed by atoms with Crippen molar-refractivity contribution in [3.05, 3.63) is 23.2 Å². The number of furan rings is 1. The number of carbonyl (C=O) groups is 2. The molecular formula is C16H19NO4. The average molecular weight is 289 g/mol. The van der Waals surface area contributed by atoms with Crippen LogP contribution in [0, 0.1) is 12.3 Å². The van der Waals surface area contributed by atoms with Crippen molar-refractivity contribution in [3.63, 3.8) is 0 Å². The fraction of sp³-hybridized carbons (Fsp3) is 0.500. The number of carboxylic acids is 1. The van der Waals surface area contributed by atoms with Crippen molar-refractivity contribution in [2.24, 2.45) is 0 Å². The maximum Gasteiger partial charge on any atom is 0.339 e. The van der Waals surface area contributed by atoms with E-state index in [1.54, 1.807) is 11.8 Å². The summed E-state index contributed by atoms with van der Waals surface area (Å²) in [4.78, 5) is 25.3. The minimum Gasteiger partial charge on any atom is -0.478 e. The lowest BCUT2D eigenvalue weighted by atomic mass is 10.1. The van der Waals surface area contributed by atoms with Crippen LogP contribution in [0.25, 0.3) is 0 Å². The van der Waals surface area contributed by atoms with Gasteiger partial charge in [-0.15, -0.1) is 6.42 Å². The Balaban J connectivity index is 2.28. The highest BCUT2D eigenvalue weighted by atomic mass is 16.4. The second-order valence-electron chi connectivity index (χ2n) is 5.18. The van der Waals surface area contributed by atoms with Crippen LogP contribution in [0.4, 0.5) is 0 Å². The molecule has 1 fully saturated rings. The van der Waals surface area contributed by atoms with E-state index >= 15 is 0 Å². The number of terminal acetylenes is 1. The summed E-state index contributed by atoms with van der Waals surface area (Å²) in [6, 6.07) is 1.43. The molecule has 1 N–H and O–H groups in total. The summed E-state index contributed by atoms with van der Waals surface area (Å²) < 4.78 is 5.43. The molecule has 0 aromatic carbocycles. The normalized spacial score (nSPS) is 14.9. The smallest absolute Gasteiger partial charge is 0.339 e. The van der Waals surface area contributed by atoms with E-state index in [9.17, 15) is 9.59 Å². The maximum absolute atomic E-state index is 12.6. The molecule has 5 nitrogen and oxygen atoms in total. The van der Waals surface area contributed by atoms with Gasteiger partial charge in [0.15, 0.2) is 5.76 Å². The average Bonchev–Trinajstić information content (AvgIpc) is 3.12. The van der Waals surface area contributed by atoms with Crippen LogP contribution in [-0.4, -0.2) is 34.5 Å². The second kappa shape index (κ2) is 6.49. The zero-order chi connectivity index (χ0) is 15.4. The first-order valence-electron chi connectivity index (χ1n) is 7.18. The lowest BCUT2D eigenvalue weighted by molar-refractivity contribution is 0.0671. The molecule has 1 aliphatic carbocycles. The Kier molecular flexibility index (Phi) is 4.69. The molecule has 0 atom stereocenters. The van der Waals surface area contributed by atoms with E-state index in [1.165, 1.54) is 6.07 Å². The van der Waals surface area contributed by atoms with Crippen molar-refractivity contribution in [1.29, 1.82) is 0 Å². The summed E-state index contributed by atoms with van der Waals surface area (Å²) in [6.07, 6.45) is 9.80. The largest absolute Gasteiger partial charge is 0.478 e.